The van der Waals surface area contributed by atoms with Crippen LogP contribution in [0.3, 0.4) is 0 Å². The molecule has 2 aromatic rings. The van der Waals surface area contributed by atoms with E-state index in [4.69, 9.17) is 9.47 Å². The molecule has 27 heavy (non-hydrogen) atoms. The van der Waals surface area contributed by atoms with E-state index in [1.807, 2.05) is 12.1 Å². The molecular formula is C19H21N3O5. The Morgan fingerprint density at radius 3 is 2.56 bits per heavy atom. The van der Waals surface area contributed by atoms with Gasteiger partial charge in [-0.2, -0.15) is 4.73 Å². The van der Waals surface area contributed by atoms with Crippen molar-refractivity contribution in [3.05, 3.63) is 59.6 Å². The van der Waals surface area contributed by atoms with Crippen molar-refractivity contribution in [3.63, 3.8) is 0 Å². The van der Waals surface area contributed by atoms with E-state index in [0.29, 0.717) is 23.6 Å². The highest BCUT2D eigenvalue weighted by molar-refractivity contribution is 5.96. The standard InChI is InChI=1S/C19H21N3O5/c1-14(27-19(24)17-4-2-3-9-22(17)25)18(23)20-15-5-7-16(8-6-15)21-10-12-26-13-11-21/h2-9,14H,10-13H2,1H3,(H,20,23)/t14-/m0/s1. The Hall–Kier alpha value is -3.13. The molecule has 0 aliphatic carbocycles. The van der Waals surface area contributed by atoms with Crippen LogP contribution in [0.1, 0.15) is 17.4 Å². The predicted octanol–water partition coefficient (Wildman–Crippen LogP) is 1.34. The van der Waals surface area contributed by atoms with E-state index >= 15 is 0 Å². The lowest BCUT2D eigenvalue weighted by Crippen LogP contribution is -2.37. The van der Waals surface area contributed by atoms with Crippen molar-refractivity contribution in [1.82, 2.24) is 0 Å². The maximum Gasteiger partial charge on any atom is 0.405 e. The number of carbonyl (C=O) groups is 2. The van der Waals surface area contributed by atoms with E-state index < -0.39 is 18.0 Å². The third-order valence-corrected chi connectivity index (χ3v) is 4.20. The molecule has 1 aromatic heterocycles. The molecule has 1 atom stereocenters. The van der Waals surface area contributed by atoms with Gasteiger partial charge >= 0.3 is 11.7 Å². The first-order valence-electron chi connectivity index (χ1n) is 8.67. The second kappa shape index (κ2) is 8.50. The fourth-order valence-corrected chi connectivity index (χ4v) is 2.68. The summed E-state index contributed by atoms with van der Waals surface area (Å²) in [6, 6.07) is 11.8. The largest absolute Gasteiger partial charge is 0.618 e. The molecule has 1 amide bonds. The van der Waals surface area contributed by atoms with Crippen molar-refractivity contribution in [2.75, 3.05) is 36.5 Å². The van der Waals surface area contributed by atoms with Crippen LogP contribution in [0.15, 0.2) is 48.7 Å². The summed E-state index contributed by atoms with van der Waals surface area (Å²) in [5.74, 6) is -1.33. The first kappa shape index (κ1) is 18.7. The number of ether oxygens (including phenoxy) is 2. The molecule has 0 unspecified atom stereocenters. The molecule has 1 aliphatic heterocycles. The Morgan fingerprint density at radius 1 is 1.19 bits per heavy atom. The van der Waals surface area contributed by atoms with Gasteiger partial charge in [-0.1, -0.05) is 0 Å². The molecule has 8 nitrogen and oxygen atoms in total. The van der Waals surface area contributed by atoms with E-state index in [9.17, 15) is 14.8 Å². The Bertz CT molecular complexity index is 803. The Labute approximate surface area is 156 Å². The first-order chi connectivity index (χ1) is 13.0. The number of esters is 1. The topological polar surface area (TPSA) is 94.8 Å². The van der Waals surface area contributed by atoms with Crippen LogP contribution in [-0.2, 0) is 14.3 Å². The van der Waals surface area contributed by atoms with E-state index in [1.165, 1.54) is 25.3 Å². The highest BCUT2D eigenvalue weighted by Gasteiger charge is 2.23. The summed E-state index contributed by atoms with van der Waals surface area (Å²) >= 11 is 0. The Morgan fingerprint density at radius 2 is 1.89 bits per heavy atom. The number of pyridine rings is 1. The van der Waals surface area contributed by atoms with Gasteiger partial charge in [0.25, 0.3) is 5.91 Å². The zero-order chi connectivity index (χ0) is 19.2. The van der Waals surface area contributed by atoms with Gasteiger partial charge in [0.05, 0.1) is 13.2 Å². The van der Waals surface area contributed by atoms with Crippen molar-refractivity contribution in [2.45, 2.75) is 13.0 Å². The lowest BCUT2D eigenvalue weighted by molar-refractivity contribution is -0.608. The van der Waals surface area contributed by atoms with Crippen LogP contribution in [0.25, 0.3) is 0 Å². The number of anilines is 2. The van der Waals surface area contributed by atoms with E-state index in [0.717, 1.165) is 18.8 Å². The molecule has 0 radical (unpaired) electrons. The summed E-state index contributed by atoms with van der Waals surface area (Å²) in [4.78, 5) is 26.5. The third-order valence-electron chi connectivity index (χ3n) is 4.20. The van der Waals surface area contributed by atoms with Crippen LogP contribution in [-0.4, -0.2) is 44.3 Å². The summed E-state index contributed by atoms with van der Waals surface area (Å²) in [7, 11) is 0. The number of aromatic nitrogens is 1. The lowest BCUT2D eigenvalue weighted by atomic mass is 10.2. The Balaban J connectivity index is 1.56. The normalized spacial score (nSPS) is 15.1. The number of morpholine rings is 1. The van der Waals surface area contributed by atoms with Gasteiger partial charge in [0.1, 0.15) is 0 Å². The van der Waals surface area contributed by atoms with E-state index in [1.54, 1.807) is 18.2 Å². The molecule has 1 fully saturated rings. The number of benzene rings is 1. The molecular weight excluding hydrogens is 350 g/mol. The molecule has 0 spiro atoms. The smallest absolute Gasteiger partial charge is 0.405 e. The van der Waals surface area contributed by atoms with Gasteiger partial charge in [0.2, 0.25) is 0 Å². The SMILES string of the molecule is C[C@H](OC(=O)c1cccc[n+]1[O-])C(=O)Nc1ccc(N2CCOCC2)cc1. The minimum atomic E-state index is -1.04. The monoisotopic (exact) mass is 371 g/mol. The molecule has 8 heteroatoms. The summed E-state index contributed by atoms with van der Waals surface area (Å²) in [5.41, 5.74) is 1.48. The third kappa shape index (κ3) is 4.73. The van der Waals surface area contributed by atoms with Gasteiger partial charge in [-0.15, -0.1) is 0 Å². The molecule has 1 aromatic carbocycles. The highest BCUT2D eigenvalue weighted by atomic mass is 16.6. The molecule has 1 N–H and O–H groups in total. The number of carbonyl (C=O) groups excluding carboxylic acids is 2. The zero-order valence-corrected chi connectivity index (χ0v) is 15.0. The fraction of sp³-hybridized carbons (Fsp3) is 0.316. The molecule has 1 aliphatic rings. The molecule has 3 rings (SSSR count). The minimum Gasteiger partial charge on any atom is -0.618 e. The van der Waals surface area contributed by atoms with Gasteiger partial charge in [-0.3, -0.25) is 4.79 Å². The maximum atomic E-state index is 12.3. The number of rotatable bonds is 5. The summed E-state index contributed by atoms with van der Waals surface area (Å²) in [5, 5.41) is 14.3. The van der Waals surface area contributed by atoms with Crippen LogP contribution < -0.4 is 14.9 Å². The van der Waals surface area contributed by atoms with Crippen LogP contribution in [0.5, 0.6) is 0 Å². The van der Waals surface area contributed by atoms with Gasteiger partial charge < -0.3 is 24.9 Å². The van der Waals surface area contributed by atoms with Gasteiger partial charge in [0.15, 0.2) is 12.3 Å². The van der Waals surface area contributed by atoms with Crippen molar-refractivity contribution in [1.29, 1.82) is 0 Å². The molecule has 2 heterocycles. The average Bonchev–Trinajstić information content (AvgIpc) is 2.69. The zero-order valence-electron chi connectivity index (χ0n) is 15.0. The highest BCUT2D eigenvalue weighted by Crippen LogP contribution is 2.19. The van der Waals surface area contributed by atoms with Crippen LogP contribution in [0.2, 0.25) is 0 Å². The average molecular weight is 371 g/mol. The van der Waals surface area contributed by atoms with Crippen molar-refractivity contribution in [3.8, 4) is 0 Å². The number of hydrogen-bond donors (Lipinski definition) is 1. The predicted molar refractivity (Wildman–Crippen MR) is 98.4 cm³/mol. The quantitative estimate of drug-likeness (QED) is 0.484. The fourth-order valence-electron chi connectivity index (χ4n) is 2.68. The molecule has 0 saturated carbocycles. The van der Waals surface area contributed by atoms with Gasteiger partial charge in [-0.25, -0.2) is 4.79 Å². The second-order valence-corrected chi connectivity index (χ2v) is 6.09. The summed E-state index contributed by atoms with van der Waals surface area (Å²) in [6.45, 7) is 4.52. The number of hydrogen-bond acceptors (Lipinski definition) is 6. The lowest BCUT2D eigenvalue weighted by Gasteiger charge is -2.28. The number of nitrogens with one attached hydrogen (secondary N) is 1. The molecule has 0 bridgehead atoms. The number of amides is 1. The Kier molecular flexibility index (Phi) is 5.87. The van der Waals surface area contributed by atoms with Crippen LogP contribution in [0.4, 0.5) is 11.4 Å². The van der Waals surface area contributed by atoms with Crippen LogP contribution in [0, 0.1) is 5.21 Å². The van der Waals surface area contributed by atoms with Crippen molar-refractivity contribution < 1.29 is 23.8 Å². The minimum absolute atomic E-state index is 0.174. The van der Waals surface area contributed by atoms with Gasteiger partial charge in [0, 0.05) is 36.6 Å². The van der Waals surface area contributed by atoms with Crippen molar-refractivity contribution in [2.24, 2.45) is 0 Å². The molecule has 1 saturated heterocycles. The first-order valence-corrected chi connectivity index (χ1v) is 8.67. The molecule has 142 valence electrons. The summed E-state index contributed by atoms with van der Waals surface area (Å²) < 4.78 is 10.8. The van der Waals surface area contributed by atoms with E-state index in [-0.39, 0.29) is 5.69 Å². The summed E-state index contributed by atoms with van der Waals surface area (Å²) in [6.07, 6.45) is 0.147. The number of nitrogens with zero attached hydrogens (tertiary/aromatic N) is 2. The van der Waals surface area contributed by atoms with Crippen LogP contribution >= 0.6 is 0 Å². The van der Waals surface area contributed by atoms with E-state index in [2.05, 4.69) is 10.2 Å². The maximum absolute atomic E-state index is 12.3. The second-order valence-electron chi connectivity index (χ2n) is 6.09. The van der Waals surface area contributed by atoms with Crippen molar-refractivity contribution >= 4 is 23.3 Å². The van der Waals surface area contributed by atoms with Gasteiger partial charge in [-0.05, 0) is 37.3 Å².